The number of aliphatic hydroxyl groups excluding tert-OH is 1. The summed E-state index contributed by atoms with van der Waals surface area (Å²) in [5.41, 5.74) is 1.07. The van der Waals surface area contributed by atoms with E-state index in [9.17, 15) is 5.11 Å². The zero-order valence-electron chi connectivity index (χ0n) is 12.1. The van der Waals surface area contributed by atoms with Crippen LogP contribution in [0.15, 0.2) is 0 Å². The average molecular weight is 284 g/mol. The molecule has 1 fully saturated rings. The van der Waals surface area contributed by atoms with E-state index >= 15 is 0 Å². The molecule has 0 amide bonds. The van der Waals surface area contributed by atoms with Crippen LogP contribution in [0.25, 0.3) is 0 Å². The van der Waals surface area contributed by atoms with Crippen LogP contribution in [-0.2, 0) is 11.3 Å². The van der Waals surface area contributed by atoms with Crippen LogP contribution >= 0.6 is 11.3 Å². The molecule has 1 N–H and O–H groups in total. The molecule has 0 aliphatic carbocycles. The number of thiazole rings is 1. The summed E-state index contributed by atoms with van der Waals surface area (Å²) in [4.78, 5) is 8.09. The average Bonchev–Trinajstić information content (AvgIpc) is 2.90. The highest BCUT2D eigenvalue weighted by molar-refractivity contribution is 7.15. The van der Waals surface area contributed by atoms with E-state index in [2.05, 4.69) is 25.7 Å². The zero-order valence-corrected chi connectivity index (χ0v) is 12.9. The molecule has 108 valence electrons. The van der Waals surface area contributed by atoms with Crippen molar-refractivity contribution in [3.8, 4) is 0 Å². The number of hydrogen-bond donors (Lipinski definition) is 1. The first-order valence-electron chi connectivity index (χ1n) is 7.16. The van der Waals surface area contributed by atoms with Gasteiger partial charge in [0.25, 0.3) is 0 Å². The molecule has 2 heterocycles. The molecule has 0 radical (unpaired) electrons. The first-order valence-corrected chi connectivity index (χ1v) is 7.98. The van der Waals surface area contributed by atoms with Gasteiger partial charge < -0.3 is 14.7 Å². The van der Waals surface area contributed by atoms with Crippen LogP contribution in [0, 0.1) is 0 Å². The number of hydrogen-bond acceptors (Lipinski definition) is 5. The van der Waals surface area contributed by atoms with Crippen molar-refractivity contribution in [2.45, 2.75) is 52.2 Å². The Labute approximate surface area is 119 Å². The lowest BCUT2D eigenvalue weighted by molar-refractivity contribution is 0.0384. The van der Waals surface area contributed by atoms with E-state index in [4.69, 9.17) is 9.72 Å². The number of nitrogens with zero attached hydrogens (tertiary/aromatic N) is 2. The lowest BCUT2D eigenvalue weighted by Gasteiger charge is -2.32. The van der Waals surface area contributed by atoms with Crippen molar-refractivity contribution >= 4 is 16.5 Å². The minimum absolute atomic E-state index is 0.0961. The second-order valence-corrected chi connectivity index (χ2v) is 6.18. The maximum atomic E-state index is 9.50. The van der Waals surface area contributed by atoms with Crippen LogP contribution in [0.1, 0.15) is 50.1 Å². The molecule has 1 saturated heterocycles. The van der Waals surface area contributed by atoms with Crippen molar-refractivity contribution < 1.29 is 9.84 Å². The standard InChI is InChI=1S/C14H24N2O2S/c1-4-10(3)13-12(9-17)19-14(15-13)16-6-7-18-11(5-2)8-16/h10-11,17H,4-9H2,1-3H3. The van der Waals surface area contributed by atoms with Crippen LogP contribution in [0.3, 0.4) is 0 Å². The fourth-order valence-corrected chi connectivity index (χ4v) is 3.39. The number of aliphatic hydroxyl groups is 1. The van der Waals surface area contributed by atoms with Gasteiger partial charge in [0.1, 0.15) is 0 Å². The summed E-state index contributed by atoms with van der Waals surface area (Å²) >= 11 is 1.63. The fourth-order valence-electron chi connectivity index (χ4n) is 2.32. The Morgan fingerprint density at radius 3 is 2.95 bits per heavy atom. The Bertz CT molecular complexity index is 408. The monoisotopic (exact) mass is 284 g/mol. The summed E-state index contributed by atoms with van der Waals surface area (Å²) in [5, 5.41) is 10.5. The molecule has 19 heavy (non-hydrogen) atoms. The molecule has 0 spiro atoms. The Morgan fingerprint density at radius 1 is 1.53 bits per heavy atom. The molecule has 2 unspecified atom stereocenters. The molecule has 4 nitrogen and oxygen atoms in total. The summed E-state index contributed by atoms with van der Waals surface area (Å²) in [6, 6.07) is 0. The van der Waals surface area contributed by atoms with Gasteiger partial charge in [-0.05, 0) is 18.8 Å². The number of anilines is 1. The van der Waals surface area contributed by atoms with Gasteiger partial charge in [-0.15, -0.1) is 0 Å². The Morgan fingerprint density at radius 2 is 2.32 bits per heavy atom. The maximum absolute atomic E-state index is 9.50. The number of morpholine rings is 1. The third-order valence-electron chi connectivity index (χ3n) is 3.80. The van der Waals surface area contributed by atoms with Gasteiger partial charge >= 0.3 is 0 Å². The van der Waals surface area contributed by atoms with Crippen LogP contribution in [-0.4, -0.2) is 35.9 Å². The van der Waals surface area contributed by atoms with Crippen molar-refractivity contribution in [1.29, 1.82) is 0 Å². The van der Waals surface area contributed by atoms with Gasteiger partial charge in [0, 0.05) is 13.1 Å². The Hall–Kier alpha value is -0.650. The van der Waals surface area contributed by atoms with Gasteiger partial charge in [0.05, 0.1) is 29.9 Å². The first kappa shape index (κ1) is 14.8. The van der Waals surface area contributed by atoms with Crippen molar-refractivity contribution in [1.82, 2.24) is 4.98 Å². The second kappa shape index (κ2) is 6.68. The topological polar surface area (TPSA) is 45.6 Å². The molecule has 0 saturated carbocycles. The minimum atomic E-state index is 0.0961. The molecular formula is C14H24N2O2S. The van der Waals surface area contributed by atoms with Crippen molar-refractivity contribution in [2.24, 2.45) is 0 Å². The van der Waals surface area contributed by atoms with Gasteiger partial charge in [0.2, 0.25) is 0 Å². The van der Waals surface area contributed by atoms with Gasteiger partial charge in [-0.2, -0.15) is 0 Å². The van der Waals surface area contributed by atoms with Gasteiger partial charge in [-0.1, -0.05) is 32.1 Å². The van der Waals surface area contributed by atoms with E-state index in [1.54, 1.807) is 11.3 Å². The van der Waals surface area contributed by atoms with E-state index in [-0.39, 0.29) is 6.61 Å². The number of aromatic nitrogens is 1. The molecule has 1 aromatic heterocycles. The predicted octanol–water partition coefficient (Wildman–Crippen LogP) is 2.76. The first-order chi connectivity index (χ1) is 9.19. The SMILES string of the molecule is CCC1CN(c2nc(C(C)CC)c(CO)s2)CCO1. The van der Waals surface area contributed by atoms with Gasteiger partial charge in [0.15, 0.2) is 5.13 Å². The van der Waals surface area contributed by atoms with Gasteiger partial charge in [-0.3, -0.25) is 0 Å². The summed E-state index contributed by atoms with van der Waals surface area (Å²) in [7, 11) is 0. The highest BCUT2D eigenvalue weighted by atomic mass is 32.1. The number of ether oxygens (including phenoxy) is 1. The molecule has 2 atom stereocenters. The molecule has 1 aliphatic rings. The second-order valence-electron chi connectivity index (χ2n) is 5.12. The highest BCUT2D eigenvalue weighted by Gasteiger charge is 2.24. The third-order valence-corrected chi connectivity index (χ3v) is 4.92. The molecule has 0 aromatic carbocycles. The molecular weight excluding hydrogens is 260 g/mol. The quantitative estimate of drug-likeness (QED) is 0.903. The maximum Gasteiger partial charge on any atom is 0.186 e. The lowest BCUT2D eigenvalue weighted by atomic mass is 10.0. The summed E-state index contributed by atoms with van der Waals surface area (Å²) in [6.07, 6.45) is 2.39. The van der Waals surface area contributed by atoms with Crippen LogP contribution < -0.4 is 4.90 Å². The summed E-state index contributed by atoms with van der Waals surface area (Å²) in [5.74, 6) is 0.412. The predicted molar refractivity (Wildman–Crippen MR) is 79.0 cm³/mol. The normalized spacial score (nSPS) is 21.7. The van der Waals surface area contributed by atoms with Crippen LogP contribution in [0.2, 0.25) is 0 Å². The molecule has 5 heteroatoms. The smallest absolute Gasteiger partial charge is 0.186 e. The minimum Gasteiger partial charge on any atom is -0.391 e. The lowest BCUT2D eigenvalue weighted by Crippen LogP contribution is -2.42. The van der Waals surface area contributed by atoms with Gasteiger partial charge in [-0.25, -0.2) is 4.98 Å². The summed E-state index contributed by atoms with van der Waals surface area (Å²) < 4.78 is 5.70. The van der Waals surface area contributed by atoms with Crippen molar-refractivity contribution in [3.05, 3.63) is 10.6 Å². The fraction of sp³-hybridized carbons (Fsp3) is 0.786. The molecule has 1 aromatic rings. The Kier molecular flexibility index (Phi) is 5.19. The van der Waals surface area contributed by atoms with E-state index in [0.29, 0.717) is 12.0 Å². The van der Waals surface area contributed by atoms with Crippen LogP contribution in [0.5, 0.6) is 0 Å². The largest absolute Gasteiger partial charge is 0.391 e. The van der Waals surface area contributed by atoms with E-state index < -0.39 is 0 Å². The van der Waals surface area contributed by atoms with Crippen LogP contribution in [0.4, 0.5) is 5.13 Å². The zero-order chi connectivity index (χ0) is 13.8. The number of rotatable bonds is 5. The molecule has 2 rings (SSSR count). The Balaban J connectivity index is 2.18. The molecule has 1 aliphatic heterocycles. The van der Waals surface area contributed by atoms with E-state index in [1.165, 1.54) is 0 Å². The third kappa shape index (κ3) is 3.27. The van der Waals surface area contributed by atoms with E-state index in [0.717, 1.165) is 48.2 Å². The summed E-state index contributed by atoms with van der Waals surface area (Å²) in [6.45, 7) is 9.16. The molecule has 0 bridgehead atoms. The van der Waals surface area contributed by atoms with Crippen molar-refractivity contribution in [2.75, 3.05) is 24.6 Å². The van der Waals surface area contributed by atoms with E-state index in [1.807, 2.05) is 0 Å². The highest BCUT2D eigenvalue weighted by Crippen LogP contribution is 2.33. The van der Waals surface area contributed by atoms with Crippen molar-refractivity contribution in [3.63, 3.8) is 0 Å².